The lowest BCUT2D eigenvalue weighted by Gasteiger charge is -2.44. The first-order chi connectivity index (χ1) is 10.7. The first-order valence-corrected chi connectivity index (χ1v) is 8.07. The van der Waals surface area contributed by atoms with Crippen LogP contribution in [-0.4, -0.2) is 64.9 Å². The molecule has 124 valence electrons. The minimum Gasteiger partial charge on any atom is -0.382 e. The van der Waals surface area contributed by atoms with E-state index in [1.807, 2.05) is 18.2 Å². The number of rotatable bonds is 7. The molecule has 1 aromatic carbocycles. The van der Waals surface area contributed by atoms with Crippen molar-refractivity contribution in [3.05, 3.63) is 30.3 Å². The third kappa shape index (κ3) is 4.01. The first-order valence-electron chi connectivity index (χ1n) is 7.19. The third-order valence-corrected chi connectivity index (χ3v) is 4.89. The second kappa shape index (κ2) is 8.86. The van der Waals surface area contributed by atoms with Crippen LogP contribution in [0.2, 0.25) is 0 Å². The Balaban J connectivity index is 2.19. The Bertz CT molecular complexity index is 430. The van der Waals surface area contributed by atoms with Gasteiger partial charge in [0.2, 0.25) is 0 Å². The Kier molecular flexibility index (Phi) is 7.14. The van der Waals surface area contributed by atoms with Crippen LogP contribution in [0, 0.1) is 0 Å². The van der Waals surface area contributed by atoms with Crippen molar-refractivity contribution in [3.8, 4) is 0 Å². The summed E-state index contributed by atoms with van der Waals surface area (Å²) in [6, 6.07) is 10.1. The largest absolute Gasteiger partial charge is 0.382 e. The van der Waals surface area contributed by atoms with E-state index in [0.717, 1.165) is 4.90 Å². The van der Waals surface area contributed by atoms with Crippen LogP contribution < -0.4 is 0 Å². The molecule has 5 nitrogen and oxygen atoms in total. The van der Waals surface area contributed by atoms with Gasteiger partial charge in [0.15, 0.2) is 0 Å². The fourth-order valence-corrected chi connectivity index (χ4v) is 3.89. The van der Waals surface area contributed by atoms with Gasteiger partial charge >= 0.3 is 0 Å². The van der Waals surface area contributed by atoms with Crippen molar-refractivity contribution in [1.29, 1.82) is 0 Å². The average molecular weight is 328 g/mol. The lowest BCUT2D eigenvalue weighted by molar-refractivity contribution is -0.229. The summed E-state index contributed by atoms with van der Waals surface area (Å²) in [6.45, 7) is 0.445. The van der Waals surface area contributed by atoms with Crippen LogP contribution >= 0.6 is 11.8 Å². The molecule has 0 saturated carbocycles. The van der Waals surface area contributed by atoms with Gasteiger partial charge in [-0.2, -0.15) is 0 Å². The number of ether oxygens (including phenoxy) is 5. The number of hydrogen-bond donors (Lipinski definition) is 0. The molecule has 1 aliphatic rings. The molecule has 5 atom stereocenters. The number of hydrogen-bond acceptors (Lipinski definition) is 6. The predicted octanol–water partition coefficient (Wildman–Crippen LogP) is 2.20. The molecule has 0 bridgehead atoms. The topological polar surface area (TPSA) is 46.2 Å². The van der Waals surface area contributed by atoms with E-state index in [9.17, 15) is 0 Å². The van der Waals surface area contributed by atoms with E-state index in [0.29, 0.717) is 6.61 Å². The third-order valence-electron chi connectivity index (χ3n) is 3.73. The van der Waals surface area contributed by atoms with Crippen molar-refractivity contribution < 1.29 is 23.7 Å². The van der Waals surface area contributed by atoms with Crippen molar-refractivity contribution >= 4 is 11.8 Å². The number of thioether (sulfide) groups is 1. The summed E-state index contributed by atoms with van der Waals surface area (Å²) in [5.74, 6) is 0. The average Bonchev–Trinajstić information content (AvgIpc) is 2.55. The Labute approximate surface area is 136 Å². The van der Waals surface area contributed by atoms with Crippen molar-refractivity contribution in [2.75, 3.05) is 35.0 Å². The van der Waals surface area contributed by atoms with Gasteiger partial charge < -0.3 is 23.7 Å². The first kappa shape index (κ1) is 17.7. The summed E-state index contributed by atoms with van der Waals surface area (Å²) in [7, 11) is 6.64. The summed E-state index contributed by atoms with van der Waals surface area (Å²) < 4.78 is 28.3. The fourth-order valence-electron chi connectivity index (χ4n) is 2.71. The number of methoxy groups -OCH3 is 4. The summed E-state index contributed by atoms with van der Waals surface area (Å²) >= 11 is 1.62. The standard InChI is InChI=1S/C16H24O5S/c1-17-10-12-13(18-2)14(19-3)15(20-4)16(21-12)22-11-8-6-5-7-9-11/h5-9,12-16H,10H2,1-4H3/t12-,13-,14+,15+,16-/m1/s1. The van der Waals surface area contributed by atoms with Gasteiger partial charge in [-0.05, 0) is 12.1 Å². The Morgan fingerprint density at radius 1 is 0.909 bits per heavy atom. The highest BCUT2D eigenvalue weighted by Gasteiger charge is 2.47. The molecule has 0 aliphatic carbocycles. The second-order valence-electron chi connectivity index (χ2n) is 5.03. The molecule has 1 saturated heterocycles. The van der Waals surface area contributed by atoms with E-state index in [4.69, 9.17) is 23.7 Å². The van der Waals surface area contributed by atoms with E-state index >= 15 is 0 Å². The van der Waals surface area contributed by atoms with Crippen LogP contribution in [-0.2, 0) is 23.7 Å². The van der Waals surface area contributed by atoms with Gasteiger partial charge in [-0.1, -0.05) is 30.0 Å². The van der Waals surface area contributed by atoms with E-state index in [1.165, 1.54) is 0 Å². The monoisotopic (exact) mass is 328 g/mol. The Hall–Kier alpha value is -0.630. The molecule has 1 aliphatic heterocycles. The van der Waals surface area contributed by atoms with Crippen LogP contribution in [0.1, 0.15) is 0 Å². The fraction of sp³-hybridized carbons (Fsp3) is 0.625. The van der Waals surface area contributed by atoms with Crippen molar-refractivity contribution in [2.24, 2.45) is 0 Å². The molecule has 0 aromatic heterocycles. The minimum atomic E-state index is -0.234. The zero-order valence-electron chi connectivity index (χ0n) is 13.4. The summed E-state index contributed by atoms with van der Waals surface area (Å²) in [4.78, 5) is 1.12. The quantitative estimate of drug-likeness (QED) is 0.765. The lowest BCUT2D eigenvalue weighted by Crippen LogP contribution is -2.59. The van der Waals surface area contributed by atoms with Crippen LogP contribution in [0.25, 0.3) is 0 Å². The predicted molar refractivity (Wildman–Crippen MR) is 85.2 cm³/mol. The Morgan fingerprint density at radius 3 is 2.09 bits per heavy atom. The highest BCUT2D eigenvalue weighted by atomic mass is 32.2. The smallest absolute Gasteiger partial charge is 0.137 e. The van der Waals surface area contributed by atoms with Gasteiger partial charge in [0.05, 0.1) is 6.61 Å². The summed E-state index contributed by atoms with van der Waals surface area (Å²) in [5, 5.41) is 0. The molecule has 0 unspecified atom stereocenters. The second-order valence-corrected chi connectivity index (χ2v) is 6.20. The highest BCUT2D eigenvalue weighted by Crippen LogP contribution is 2.36. The zero-order chi connectivity index (χ0) is 15.9. The van der Waals surface area contributed by atoms with Crippen molar-refractivity contribution in [2.45, 2.75) is 34.7 Å². The minimum absolute atomic E-state index is 0.191. The van der Waals surface area contributed by atoms with Crippen LogP contribution in [0.5, 0.6) is 0 Å². The molecule has 0 amide bonds. The molecule has 1 aromatic rings. The van der Waals surface area contributed by atoms with E-state index < -0.39 is 0 Å². The molecule has 1 fully saturated rings. The van der Waals surface area contributed by atoms with Gasteiger partial charge in [-0.3, -0.25) is 0 Å². The number of benzene rings is 1. The summed E-state index contributed by atoms with van der Waals surface area (Å²) in [5.41, 5.74) is -0.191. The molecular formula is C16H24O5S. The molecule has 2 rings (SSSR count). The van der Waals surface area contributed by atoms with Crippen LogP contribution in [0.3, 0.4) is 0 Å². The maximum absolute atomic E-state index is 6.18. The van der Waals surface area contributed by atoms with E-state index in [2.05, 4.69) is 12.1 Å². The van der Waals surface area contributed by atoms with Crippen LogP contribution in [0.4, 0.5) is 0 Å². The SMILES string of the molecule is COC[C@H]1O[C@H](Sc2ccccc2)[C@@H](OC)[C@@H](OC)[C@@H]1OC. The molecule has 22 heavy (non-hydrogen) atoms. The molecule has 6 heteroatoms. The Morgan fingerprint density at radius 2 is 1.55 bits per heavy atom. The molecular weight excluding hydrogens is 304 g/mol. The lowest BCUT2D eigenvalue weighted by atomic mass is 9.99. The van der Waals surface area contributed by atoms with Gasteiger partial charge in [0.25, 0.3) is 0 Å². The zero-order valence-corrected chi connectivity index (χ0v) is 14.2. The highest BCUT2D eigenvalue weighted by molar-refractivity contribution is 7.99. The molecule has 0 N–H and O–H groups in total. The van der Waals surface area contributed by atoms with Gasteiger partial charge in [-0.15, -0.1) is 0 Å². The maximum Gasteiger partial charge on any atom is 0.137 e. The van der Waals surface area contributed by atoms with Gasteiger partial charge in [-0.25, -0.2) is 0 Å². The maximum atomic E-state index is 6.18. The van der Waals surface area contributed by atoms with Crippen LogP contribution in [0.15, 0.2) is 35.2 Å². The molecule has 1 heterocycles. The molecule has 0 radical (unpaired) electrons. The van der Waals surface area contributed by atoms with Gasteiger partial charge in [0.1, 0.15) is 29.9 Å². The van der Waals surface area contributed by atoms with Crippen molar-refractivity contribution in [1.82, 2.24) is 0 Å². The summed E-state index contributed by atoms with van der Waals surface area (Å²) in [6.07, 6.45) is -0.881. The van der Waals surface area contributed by atoms with E-state index in [-0.39, 0.29) is 29.9 Å². The molecule has 0 spiro atoms. The van der Waals surface area contributed by atoms with Crippen molar-refractivity contribution in [3.63, 3.8) is 0 Å². The van der Waals surface area contributed by atoms with Gasteiger partial charge in [0, 0.05) is 33.3 Å². The van der Waals surface area contributed by atoms with E-state index in [1.54, 1.807) is 40.2 Å². The normalized spacial score (nSPS) is 32.1.